The lowest BCUT2D eigenvalue weighted by atomic mass is 10.2. The van der Waals surface area contributed by atoms with Gasteiger partial charge in [0.25, 0.3) is 0 Å². The minimum atomic E-state index is -4.28. The fourth-order valence-corrected chi connectivity index (χ4v) is 1.69. The summed E-state index contributed by atoms with van der Waals surface area (Å²) in [7, 11) is 1.29. The van der Waals surface area contributed by atoms with Crippen LogP contribution in [-0.4, -0.2) is 18.6 Å². The second kappa shape index (κ2) is 6.49. The molecule has 0 bridgehead atoms. The van der Waals surface area contributed by atoms with Gasteiger partial charge in [-0.25, -0.2) is 0 Å². The number of halogens is 3. The minimum Gasteiger partial charge on any atom is -0.469 e. The second-order valence-electron chi connectivity index (χ2n) is 3.30. The SMILES string of the molecule is COC(=O)CC=Cc1ccc(SC(F)(F)F)cc1. The first-order valence-corrected chi connectivity index (χ1v) is 5.81. The maximum atomic E-state index is 12.1. The van der Waals surface area contributed by atoms with Gasteiger partial charge in [0.2, 0.25) is 0 Å². The number of hydrogen-bond donors (Lipinski definition) is 0. The molecule has 0 N–H and O–H groups in total. The number of carbonyl (C=O) groups is 1. The van der Waals surface area contributed by atoms with Gasteiger partial charge in [0.05, 0.1) is 13.5 Å². The highest BCUT2D eigenvalue weighted by atomic mass is 32.2. The summed E-state index contributed by atoms with van der Waals surface area (Å²) in [6.07, 6.45) is 3.38. The van der Waals surface area contributed by atoms with Crippen molar-refractivity contribution in [3.05, 3.63) is 35.9 Å². The van der Waals surface area contributed by atoms with Crippen LogP contribution in [0.5, 0.6) is 0 Å². The molecular weight excluding hydrogens is 265 g/mol. The van der Waals surface area contributed by atoms with Crippen LogP contribution in [0, 0.1) is 0 Å². The molecule has 1 aromatic carbocycles. The van der Waals surface area contributed by atoms with Gasteiger partial charge >= 0.3 is 11.5 Å². The lowest BCUT2D eigenvalue weighted by molar-refractivity contribution is -0.139. The van der Waals surface area contributed by atoms with Crippen molar-refractivity contribution in [1.29, 1.82) is 0 Å². The van der Waals surface area contributed by atoms with Crippen molar-refractivity contribution in [2.75, 3.05) is 7.11 Å². The van der Waals surface area contributed by atoms with Crippen LogP contribution in [-0.2, 0) is 9.53 Å². The number of rotatable bonds is 4. The monoisotopic (exact) mass is 276 g/mol. The van der Waals surface area contributed by atoms with Crippen molar-refractivity contribution in [3.8, 4) is 0 Å². The zero-order chi connectivity index (χ0) is 13.6. The van der Waals surface area contributed by atoms with Crippen LogP contribution in [0.2, 0.25) is 0 Å². The van der Waals surface area contributed by atoms with Crippen LogP contribution in [0.25, 0.3) is 6.08 Å². The first-order chi connectivity index (χ1) is 8.40. The molecular formula is C12H11F3O2S. The van der Waals surface area contributed by atoms with E-state index >= 15 is 0 Å². The number of thioether (sulfide) groups is 1. The summed E-state index contributed by atoms with van der Waals surface area (Å²) in [5.74, 6) is -0.365. The van der Waals surface area contributed by atoms with Crippen molar-refractivity contribution in [1.82, 2.24) is 0 Å². The number of ether oxygens (including phenoxy) is 1. The molecule has 0 radical (unpaired) electrons. The molecule has 0 spiro atoms. The highest BCUT2D eigenvalue weighted by Gasteiger charge is 2.28. The summed E-state index contributed by atoms with van der Waals surface area (Å²) in [5, 5.41) is 0. The lowest BCUT2D eigenvalue weighted by Gasteiger charge is -2.05. The van der Waals surface area contributed by atoms with E-state index in [1.165, 1.54) is 19.2 Å². The molecule has 0 amide bonds. The molecule has 0 fully saturated rings. The van der Waals surface area contributed by atoms with Gasteiger partial charge < -0.3 is 4.74 Å². The largest absolute Gasteiger partial charge is 0.469 e. The van der Waals surface area contributed by atoms with Gasteiger partial charge in [0.15, 0.2) is 0 Å². The van der Waals surface area contributed by atoms with Crippen molar-refractivity contribution < 1.29 is 22.7 Å². The van der Waals surface area contributed by atoms with Gasteiger partial charge in [-0.05, 0) is 29.5 Å². The Balaban J connectivity index is 2.58. The van der Waals surface area contributed by atoms with E-state index in [1.54, 1.807) is 24.3 Å². The molecule has 18 heavy (non-hydrogen) atoms. The molecule has 0 atom stereocenters. The summed E-state index contributed by atoms with van der Waals surface area (Å²) in [6, 6.07) is 5.88. The average molecular weight is 276 g/mol. The van der Waals surface area contributed by atoms with Crippen molar-refractivity contribution in [2.24, 2.45) is 0 Å². The maximum Gasteiger partial charge on any atom is 0.446 e. The Morgan fingerprint density at radius 1 is 1.33 bits per heavy atom. The standard InChI is InChI=1S/C12H11F3O2S/c1-17-11(16)4-2-3-9-5-7-10(8-6-9)18-12(13,14)15/h2-3,5-8H,4H2,1H3. The molecule has 2 nitrogen and oxygen atoms in total. The van der Waals surface area contributed by atoms with Crippen LogP contribution in [0.4, 0.5) is 13.2 Å². The fourth-order valence-electron chi connectivity index (χ4n) is 1.16. The van der Waals surface area contributed by atoms with Crippen LogP contribution in [0.15, 0.2) is 35.2 Å². The van der Waals surface area contributed by atoms with E-state index in [9.17, 15) is 18.0 Å². The predicted molar refractivity (Wildman–Crippen MR) is 64.0 cm³/mol. The van der Waals surface area contributed by atoms with E-state index in [0.717, 1.165) is 5.56 Å². The number of carbonyl (C=O) groups excluding carboxylic acids is 1. The number of esters is 1. The molecule has 0 heterocycles. The Kier molecular flexibility index (Phi) is 5.27. The molecule has 1 rings (SSSR count). The van der Waals surface area contributed by atoms with E-state index in [4.69, 9.17) is 0 Å². The van der Waals surface area contributed by atoms with Crippen LogP contribution in [0.1, 0.15) is 12.0 Å². The van der Waals surface area contributed by atoms with Gasteiger partial charge in [-0.15, -0.1) is 0 Å². The quantitative estimate of drug-likeness (QED) is 0.616. The number of methoxy groups -OCH3 is 1. The average Bonchev–Trinajstić information content (AvgIpc) is 2.29. The Bertz CT molecular complexity index is 424. The zero-order valence-corrected chi connectivity index (χ0v) is 10.3. The Morgan fingerprint density at radius 2 is 1.94 bits per heavy atom. The highest BCUT2D eigenvalue weighted by Crippen LogP contribution is 2.36. The van der Waals surface area contributed by atoms with Crippen molar-refractivity contribution in [2.45, 2.75) is 16.8 Å². The van der Waals surface area contributed by atoms with Gasteiger partial charge in [0, 0.05) is 4.90 Å². The van der Waals surface area contributed by atoms with E-state index in [1.807, 2.05) is 0 Å². The Labute approximate surface area is 107 Å². The first kappa shape index (κ1) is 14.6. The smallest absolute Gasteiger partial charge is 0.446 e. The summed E-state index contributed by atoms with van der Waals surface area (Å²) in [6.45, 7) is 0. The van der Waals surface area contributed by atoms with E-state index in [0.29, 0.717) is 0 Å². The summed E-state index contributed by atoms with van der Waals surface area (Å²) in [5.41, 5.74) is -3.55. The third kappa shape index (κ3) is 5.77. The van der Waals surface area contributed by atoms with Gasteiger partial charge in [-0.2, -0.15) is 13.2 Å². The second-order valence-corrected chi connectivity index (χ2v) is 4.44. The van der Waals surface area contributed by atoms with Gasteiger partial charge in [-0.1, -0.05) is 24.3 Å². The summed E-state index contributed by atoms with van der Waals surface area (Å²) in [4.78, 5) is 10.9. The minimum absolute atomic E-state index is 0.132. The number of benzene rings is 1. The fraction of sp³-hybridized carbons (Fsp3) is 0.250. The molecule has 0 saturated carbocycles. The van der Waals surface area contributed by atoms with Crippen molar-refractivity contribution >= 4 is 23.8 Å². The summed E-state index contributed by atoms with van der Waals surface area (Å²) >= 11 is -0.156. The molecule has 0 aliphatic rings. The molecule has 0 saturated heterocycles. The third-order valence-electron chi connectivity index (χ3n) is 1.94. The molecule has 98 valence electrons. The van der Waals surface area contributed by atoms with Crippen LogP contribution < -0.4 is 0 Å². The van der Waals surface area contributed by atoms with Crippen LogP contribution in [0.3, 0.4) is 0 Å². The molecule has 0 unspecified atom stereocenters. The third-order valence-corrected chi connectivity index (χ3v) is 2.68. The topological polar surface area (TPSA) is 26.3 Å². The lowest BCUT2D eigenvalue weighted by Crippen LogP contribution is -1.98. The van der Waals surface area contributed by atoms with Crippen molar-refractivity contribution in [3.63, 3.8) is 0 Å². The summed E-state index contributed by atoms with van der Waals surface area (Å²) < 4.78 is 40.7. The predicted octanol–water partition coefficient (Wildman–Crippen LogP) is 3.87. The molecule has 1 aromatic rings. The zero-order valence-electron chi connectivity index (χ0n) is 9.53. The number of hydrogen-bond acceptors (Lipinski definition) is 3. The molecule has 0 aliphatic carbocycles. The maximum absolute atomic E-state index is 12.1. The van der Waals surface area contributed by atoms with E-state index in [-0.39, 0.29) is 29.0 Å². The van der Waals surface area contributed by atoms with E-state index in [2.05, 4.69) is 4.74 Å². The number of alkyl halides is 3. The normalized spacial score (nSPS) is 11.8. The molecule has 0 aliphatic heterocycles. The van der Waals surface area contributed by atoms with Crippen LogP contribution >= 0.6 is 11.8 Å². The van der Waals surface area contributed by atoms with Gasteiger partial charge in [0.1, 0.15) is 0 Å². The first-order valence-electron chi connectivity index (χ1n) is 5.00. The van der Waals surface area contributed by atoms with E-state index < -0.39 is 5.51 Å². The Morgan fingerprint density at radius 3 is 2.44 bits per heavy atom. The Hall–Kier alpha value is -1.43. The molecule has 0 aromatic heterocycles. The van der Waals surface area contributed by atoms with Gasteiger partial charge in [-0.3, -0.25) is 4.79 Å². The highest BCUT2D eigenvalue weighted by molar-refractivity contribution is 8.00. The molecule has 6 heteroatoms.